The zero-order valence-electron chi connectivity index (χ0n) is 20.0. The zero-order valence-corrected chi connectivity index (χ0v) is 20.9. The number of hydrogen-bond donors (Lipinski definition) is 1. The van der Waals surface area contributed by atoms with Gasteiger partial charge in [-0.3, -0.25) is 9.36 Å². The van der Waals surface area contributed by atoms with E-state index in [0.717, 1.165) is 16.7 Å². The number of ether oxygens (including phenoxy) is 2. The summed E-state index contributed by atoms with van der Waals surface area (Å²) in [4.78, 5) is 12.2. The lowest BCUT2D eigenvalue weighted by Crippen LogP contribution is -2.35. The molecule has 0 bridgehead atoms. The van der Waals surface area contributed by atoms with E-state index < -0.39 is 19.5 Å². The summed E-state index contributed by atoms with van der Waals surface area (Å²) in [7, 11) is -3.62. The fraction of sp³-hybridized carbons (Fsp3) is 0.480. The molecule has 0 radical (unpaired) electrons. The second-order valence-electron chi connectivity index (χ2n) is 8.41. The van der Waals surface area contributed by atoms with Crippen LogP contribution in [0.1, 0.15) is 70.1 Å². The van der Waals surface area contributed by atoms with Crippen molar-refractivity contribution in [2.24, 2.45) is 0 Å². The average Bonchev–Trinajstić information content (AvgIpc) is 2.74. The summed E-state index contributed by atoms with van der Waals surface area (Å²) in [5.74, 6) is 0.447. The Morgan fingerprint density at radius 3 is 2.06 bits per heavy atom. The van der Waals surface area contributed by atoms with Crippen LogP contribution in [-0.4, -0.2) is 25.0 Å². The van der Waals surface area contributed by atoms with Gasteiger partial charge in [0, 0.05) is 0 Å². The quantitative estimate of drug-likeness (QED) is 0.299. The maximum atomic E-state index is 14.0. The van der Waals surface area contributed by atoms with Crippen LogP contribution in [0.5, 0.6) is 5.75 Å². The molecule has 0 spiro atoms. The third kappa shape index (κ3) is 7.47. The highest BCUT2D eigenvalue weighted by atomic mass is 31.2. The number of para-hydroxylation sites is 1. The van der Waals surface area contributed by atoms with Crippen LogP contribution in [-0.2, 0) is 25.4 Å². The Balaban J connectivity index is 2.33. The van der Waals surface area contributed by atoms with E-state index in [4.69, 9.17) is 14.0 Å². The lowest BCUT2D eigenvalue weighted by Gasteiger charge is -2.27. The summed E-state index contributed by atoms with van der Waals surface area (Å²) in [5.41, 5.74) is 2.89. The summed E-state index contributed by atoms with van der Waals surface area (Å²) >= 11 is 0. The maximum absolute atomic E-state index is 14.0. The number of esters is 1. The van der Waals surface area contributed by atoms with Crippen LogP contribution in [0.15, 0.2) is 48.5 Å². The molecule has 2 aromatic carbocycles. The van der Waals surface area contributed by atoms with Gasteiger partial charge in [-0.2, -0.15) is 0 Å². The van der Waals surface area contributed by atoms with Gasteiger partial charge in [0.1, 0.15) is 18.1 Å². The highest BCUT2D eigenvalue weighted by Gasteiger charge is 2.33. The van der Waals surface area contributed by atoms with E-state index in [0.29, 0.717) is 5.75 Å². The molecule has 2 rings (SSSR count). The normalized spacial score (nSPS) is 14.2. The SMILES string of the molecule is CCOC(=O)C(C)NP(=O)(COCc1ccccc1)Oc1c(C(C)C)cccc1C(C)C. The monoisotopic (exact) mass is 461 g/mol. The van der Waals surface area contributed by atoms with Gasteiger partial charge >= 0.3 is 13.5 Å². The predicted molar refractivity (Wildman–Crippen MR) is 128 cm³/mol. The van der Waals surface area contributed by atoms with Crippen LogP contribution < -0.4 is 9.61 Å². The van der Waals surface area contributed by atoms with Crippen LogP contribution in [0.4, 0.5) is 0 Å². The Morgan fingerprint density at radius 1 is 0.938 bits per heavy atom. The first kappa shape index (κ1) is 26.1. The van der Waals surface area contributed by atoms with Crippen molar-refractivity contribution in [1.29, 1.82) is 0 Å². The van der Waals surface area contributed by atoms with E-state index in [-0.39, 0.29) is 31.4 Å². The van der Waals surface area contributed by atoms with Gasteiger partial charge in [0.15, 0.2) is 0 Å². The van der Waals surface area contributed by atoms with Gasteiger partial charge in [-0.15, -0.1) is 0 Å². The number of benzene rings is 2. The Bertz CT molecular complexity index is 888. The number of hydrogen-bond acceptors (Lipinski definition) is 5. The van der Waals surface area contributed by atoms with Crippen molar-refractivity contribution in [2.75, 3.05) is 13.0 Å². The van der Waals surface area contributed by atoms with Crippen LogP contribution >= 0.6 is 7.52 Å². The van der Waals surface area contributed by atoms with Gasteiger partial charge in [-0.05, 0) is 42.4 Å². The van der Waals surface area contributed by atoms with Gasteiger partial charge in [-0.25, -0.2) is 5.09 Å². The number of carbonyl (C=O) groups excluding carboxylic acids is 1. The summed E-state index contributed by atoms with van der Waals surface area (Å²) in [6.45, 7) is 12.1. The van der Waals surface area contributed by atoms with Crippen molar-refractivity contribution in [3.05, 3.63) is 65.2 Å². The minimum absolute atomic E-state index is 0.171. The summed E-state index contributed by atoms with van der Waals surface area (Å²) in [6, 6.07) is 14.8. The molecule has 6 nitrogen and oxygen atoms in total. The molecule has 2 unspecified atom stereocenters. The van der Waals surface area contributed by atoms with Gasteiger partial charge in [0.2, 0.25) is 0 Å². The standard InChI is InChI=1S/C25H36NO5P/c1-7-30-25(27)20(6)26-32(28,17-29-16-21-12-9-8-10-13-21)31-24-22(18(2)3)14-11-15-23(24)19(4)5/h8-15,18-20H,7,16-17H2,1-6H3,(H,26,28). The van der Waals surface area contributed by atoms with E-state index in [2.05, 4.69) is 32.8 Å². The molecule has 0 saturated carbocycles. The van der Waals surface area contributed by atoms with Gasteiger partial charge in [0.05, 0.1) is 13.2 Å². The third-order valence-electron chi connectivity index (χ3n) is 4.96. The Labute approximate surface area is 192 Å². The molecule has 32 heavy (non-hydrogen) atoms. The van der Waals surface area contributed by atoms with E-state index >= 15 is 0 Å². The van der Waals surface area contributed by atoms with Crippen molar-refractivity contribution in [1.82, 2.24) is 5.09 Å². The lowest BCUT2D eigenvalue weighted by atomic mass is 9.94. The van der Waals surface area contributed by atoms with Crippen molar-refractivity contribution in [3.63, 3.8) is 0 Å². The molecular weight excluding hydrogens is 425 g/mol. The molecule has 7 heteroatoms. The second kappa shape index (κ2) is 12.2. The maximum Gasteiger partial charge on any atom is 0.342 e. The number of nitrogens with one attached hydrogen (secondary N) is 1. The first-order valence-corrected chi connectivity index (χ1v) is 13.0. The van der Waals surface area contributed by atoms with Gasteiger partial charge in [0.25, 0.3) is 0 Å². The Hall–Kier alpha value is -2.14. The first-order chi connectivity index (χ1) is 15.2. The average molecular weight is 462 g/mol. The van der Waals surface area contributed by atoms with Gasteiger partial charge in [-0.1, -0.05) is 76.2 Å². The molecular formula is C25H36NO5P. The molecule has 176 valence electrons. The molecule has 0 aliphatic heterocycles. The van der Waals surface area contributed by atoms with Crippen LogP contribution in [0.25, 0.3) is 0 Å². The van der Waals surface area contributed by atoms with E-state index in [9.17, 15) is 9.36 Å². The fourth-order valence-electron chi connectivity index (χ4n) is 3.30. The van der Waals surface area contributed by atoms with Crippen LogP contribution in [0.2, 0.25) is 0 Å². The highest BCUT2D eigenvalue weighted by Crippen LogP contribution is 2.48. The fourth-order valence-corrected chi connectivity index (χ4v) is 5.01. The van der Waals surface area contributed by atoms with E-state index in [1.165, 1.54) is 0 Å². The van der Waals surface area contributed by atoms with Crippen molar-refractivity contribution in [3.8, 4) is 5.75 Å². The van der Waals surface area contributed by atoms with Crippen LogP contribution in [0.3, 0.4) is 0 Å². The Morgan fingerprint density at radius 2 is 1.53 bits per heavy atom. The molecule has 0 aliphatic carbocycles. The minimum Gasteiger partial charge on any atom is -0.465 e. The molecule has 0 saturated heterocycles. The molecule has 0 fully saturated rings. The molecule has 0 aliphatic rings. The topological polar surface area (TPSA) is 73.9 Å². The molecule has 2 atom stereocenters. The van der Waals surface area contributed by atoms with Crippen molar-refractivity contribution < 1.29 is 23.4 Å². The molecule has 0 heterocycles. The van der Waals surface area contributed by atoms with Crippen molar-refractivity contribution >= 4 is 13.5 Å². The smallest absolute Gasteiger partial charge is 0.342 e. The highest BCUT2D eigenvalue weighted by molar-refractivity contribution is 7.57. The molecule has 0 amide bonds. The predicted octanol–water partition coefficient (Wildman–Crippen LogP) is 6.22. The third-order valence-corrected chi connectivity index (χ3v) is 6.74. The molecule has 0 aromatic heterocycles. The van der Waals surface area contributed by atoms with E-state index in [1.807, 2.05) is 48.5 Å². The lowest BCUT2D eigenvalue weighted by molar-refractivity contribution is -0.144. The largest absolute Gasteiger partial charge is 0.465 e. The summed E-state index contributed by atoms with van der Waals surface area (Å²) in [6.07, 6.45) is -0.185. The number of rotatable bonds is 12. The Kier molecular flexibility index (Phi) is 9.95. The van der Waals surface area contributed by atoms with Crippen LogP contribution in [0, 0.1) is 0 Å². The number of carbonyl (C=O) groups is 1. The molecule has 2 aromatic rings. The second-order valence-corrected chi connectivity index (χ2v) is 10.5. The van der Waals surface area contributed by atoms with E-state index in [1.54, 1.807) is 13.8 Å². The first-order valence-electron chi connectivity index (χ1n) is 11.1. The van der Waals surface area contributed by atoms with Crippen molar-refractivity contribution in [2.45, 2.75) is 66.0 Å². The van der Waals surface area contributed by atoms with Gasteiger partial charge < -0.3 is 14.0 Å². The minimum atomic E-state index is -3.62. The summed E-state index contributed by atoms with van der Waals surface area (Å²) in [5, 5.41) is 2.88. The summed E-state index contributed by atoms with van der Waals surface area (Å²) < 4.78 is 31.1. The zero-order chi connectivity index (χ0) is 23.7. The molecule has 1 N–H and O–H groups in total.